The monoisotopic (exact) mass is 319 g/mol. The number of amides is 1. The van der Waals surface area contributed by atoms with E-state index in [2.05, 4.69) is 10.4 Å². The van der Waals surface area contributed by atoms with Gasteiger partial charge in [-0.3, -0.25) is 9.48 Å². The molecule has 3 rings (SSSR count). The van der Waals surface area contributed by atoms with E-state index in [4.69, 9.17) is 4.74 Å². The average molecular weight is 319 g/mol. The van der Waals surface area contributed by atoms with Crippen molar-refractivity contribution in [2.24, 2.45) is 7.05 Å². The Kier molecular flexibility index (Phi) is 3.98. The smallest absolute Gasteiger partial charge is 0.341 e. The Labute approximate surface area is 132 Å². The van der Waals surface area contributed by atoms with Crippen LogP contribution in [0.15, 0.2) is 12.3 Å². The van der Waals surface area contributed by atoms with E-state index < -0.39 is 0 Å². The summed E-state index contributed by atoms with van der Waals surface area (Å²) in [4.78, 5) is 25.6. The second-order valence-corrected chi connectivity index (χ2v) is 6.22. The molecule has 1 aliphatic carbocycles. The van der Waals surface area contributed by atoms with E-state index in [-0.39, 0.29) is 11.9 Å². The molecule has 0 saturated carbocycles. The summed E-state index contributed by atoms with van der Waals surface area (Å²) < 4.78 is 6.71. The maximum atomic E-state index is 12.3. The van der Waals surface area contributed by atoms with Gasteiger partial charge in [0.15, 0.2) is 5.69 Å². The number of fused-ring (bicyclic) bond motifs is 1. The van der Waals surface area contributed by atoms with Crippen molar-refractivity contribution in [1.82, 2.24) is 9.78 Å². The SMILES string of the molecule is CCOC(=O)c1c(NC(=O)c2ccn(C)n2)sc2c1CCC2. The van der Waals surface area contributed by atoms with Crippen LogP contribution < -0.4 is 5.32 Å². The van der Waals surface area contributed by atoms with Crippen LogP contribution in [0.5, 0.6) is 0 Å². The van der Waals surface area contributed by atoms with Crippen molar-refractivity contribution in [2.75, 3.05) is 11.9 Å². The number of esters is 1. The number of nitrogens with one attached hydrogen (secondary N) is 1. The molecule has 6 nitrogen and oxygen atoms in total. The number of nitrogens with zero attached hydrogens (tertiary/aromatic N) is 2. The van der Waals surface area contributed by atoms with Gasteiger partial charge in [-0.2, -0.15) is 5.10 Å². The third kappa shape index (κ3) is 2.64. The third-order valence-electron chi connectivity index (χ3n) is 3.57. The highest BCUT2D eigenvalue weighted by Gasteiger charge is 2.28. The summed E-state index contributed by atoms with van der Waals surface area (Å²) in [5.41, 5.74) is 1.87. The lowest BCUT2D eigenvalue weighted by Crippen LogP contribution is -2.16. The topological polar surface area (TPSA) is 73.2 Å². The van der Waals surface area contributed by atoms with Crippen LogP contribution >= 0.6 is 11.3 Å². The highest BCUT2D eigenvalue weighted by Crippen LogP contribution is 2.39. The molecule has 0 fully saturated rings. The van der Waals surface area contributed by atoms with Gasteiger partial charge < -0.3 is 10.1 Å². The third-order valence-corrected chi connectivity index (χ3v) is 4.78. The second kappa shape index (κ2) is 5.92. The first kappa shape index (κ1) is 14.8. The first-order chi connectivity index (χ1) is 10.6. The molecule has 0 saturated heterocycles. The summed E-state index contributed by atoms with van der Waals surface area (Å²) in [6.07, 6.45) is 4.56. The number of aromatic nitrogens is 2. The van der Waals surface area contributed by atoms with Gasteiger partial charge in [0, 0.05) is 18.1 Å². The quantitative estimate of drug-likeness (QED) is 0.878. The zero-order valence-corrected chi connectivity index (χ0v) is 13.3. The number of thiophene rings is 1. The minimum absolute atomic E-state index is 0.314. The normalized spacial score (nSPS) is 13.0. The van der Waals surface area contributed by atoms with Gasteiger partial charge in [0.1, 0.15) is 5.00 Å². The van der Waals surface area contributed by atoms with E-state index in [1.807, 2.05) is 0 Å². The van der Waals surface area contributed by atoms with Gasteiger partial charge >= 0.3 is 5.97 Å². The van der Waals surface area contributed by atoms with Crippen molar-refractivity contribution in [3.63, 3.8) is 0 Å². The summed E-state index contributed by atoms with van der Waals surface area (Å²) in [5, 5.41) is 7.45. The first-order valence-electron chi connectivity index (χ1n) is 7.22. The zero-order valence-electron chi connectivity index (χ0n) is 12.5. The molecule has 0 spiro atoms. The van der Waals surface area contributed by atoms with Gasteiger partial charge in [-0.1, -0.05) is 0 Å². The summed E-state index contributed by atoms with van der Waals surface area (Å²) in [7, 11) is 1.75. The van der Waals surface area contributed by atoms with Gasteiger partial charge in [-0.25, -0.2) is 4.79 Å². The minimum Gasteiger partial charge on any atom is -0.462 e. The second-order valence-electron chi connectivity index (χ2n) is 5.11. The summed E-state index contributed by atoms with van der Waals surface area (Å²) in [6, 6.07) is 1.64. The Balaban J connectivity index is 1.90. The molecule has 1 amide bonds. The Morgan fingerprint density at radius 1 is 1.45 bits per heavy atom. The Morgan fingerprint density at radius 3 is 2.95 bits per heavy atom. The molecule has 1 aliphatic rings. The van der Waals surface area contributed by atoms with E-state index in [0.29, 0.717) is 22.9 Å². The fourth-order valence-electron chi connectivity index (χ4n) is 2.61. The lowest BCUT2D eigenvalue weighted by molar-refractivity contribution is 0.0527. The fourth-order valence-corrected chi connectivity index (χ4v) is 3.89. The molecule has 0 aliphatic heterocycles. The van der Waals surface area contributed by atoms with Crippen LogP contribution in [0.2, 0.25) is 0 Å². The Bertz CT molecular complexity index is 732. The number of carbonyl (C=O) groups is 2. The van der Waals surface area contributed by atoms with Crippen molar-refractivity contribution >= 4 is 28.2 Å². The van der Waals surface area contributed by atoms with Gasteiger partial charge in [0.05, 0.1) is 12.2 Å². The predicted octanol–water partition coefficient (Wildman–Crippen LogP) is 2.40. The molecule has 1 N–H and O–H groups in total. The summed E-state index contributed by atoms with van der Waals surface area (Å²) in [5.74, 6) is -0.677. The molecule has 0 unspecified atom stereocenters. The molecule has 2 aromatic rings. The molecular weight excluding hydrogens is 302 g/mol. The largest absolute Gasteiger partial charge is 0.462 e. The number of aryl methyl sites for hydroxylation is 2. The van der Waals surface area contributed by atoms with E-state index in [1.165, 1.54) is 16.2 Å². The van der Waals surface area contributed by atoms with E-state index in [1.54, 1.807) is 30.9 Å². The lowest BCUT2D eigenvalue weighted by atomic mass is 10.1. The van der Waals surface area contributed by atoms with Crippen LogP contribution in [0.1, 0.15) is 44.6 Å². The number of carbonyl (C=O) groups excluding carboxylic acids is 2. The number of hydrogen-bond donors (Lipinski definition) is 1. The average Bonchev–Trinajstić information content (AvgIpc) is 3.14. The van der Waals surface area contributed by atoms with Gasteiger partial charge in [0.2, 0.25) is 0 Å². The number of rotatable bonds is 4. The number of ether oxygens (including phenoxy) is 1. The Morgan fingerprint density at radius 2 is 2.27 bits per heavy atom. The van der Waals surface area contributed by atoms with E-state index >= 15 is 0 Å². The van der Waals surface area contributed by atoms with Crippen molar-refractivity contribution in [1.29, 1.82) is 0 Å². The molecule has 22 heavy (non-hydrogen) atoms. The van der Waals surface area contributed by atoms with Crippen molar-refractivity contribution in [3.05, 3.63) is 34.0 Å². The van der Waals surface area contributed by atoms with Crippen LogP contribution in [0, 0.1) is 0 Å². The van der Waals surface area contributed by atoms with Crippen LogP contribution in [-0.4, -0.2) is 28.3 Å². The molecule has 0 radical (unpaired) electrons. The zero-order chi connectivity index (χ0) is 15.7. The van der Waals surface area contributed by atoms with Crippen molar-refractivity contribution in [3.8, 4) is 0 Å². The minimum atomic E-state index is -0.363. The van der Waals surface area contributed by atoms with Crippen LogP contribution in [0.3, 0.4) is 0 Å². The predicted molar refractivity (Wildman–Crippen MR) is 83.5 cm³/mol. The standard InChI is InChI=1S/C15H17N3O3S/c1-3-21-15(20)12-9-5-4-6-11(9)22-14(12)16-13(19)10-7-8-18(2)17-10/h7-8H,3-6H2,1-2H3,(H,16,19). The fraction of sp³-hybridized carbons (Fsp3) is 0.400. The van der Waals surface area contributed by atoms with Gasteiger partial charge in [-0.15, -0.1) is 11.3 Å². The van der Waals surface area contributed by atoms with E-state index in [0.717, 1.165) is 24.8 Å². The van der Waals surface area contributed by atoms with Crippen LogP contribution in [-0.2, 0) is 24.6 Å². The van der Waals surface area contributed by atoms with Gasteiger partial charge in [0.25, 0.3) is 5.91 Å². The summed E-state index contributed by atoms with van der Waals surface area (Å²) >= 11 is 1.47. The summed E-state index contributed by atoms with van der Waals surface area (Å²) in [6.45, 7) is 2.09. The van der Waals surface area contributed by atoms with Crippen molar-refractivity contribution in [2.45, 2.75) is 26.2 Å². The highest BCUT2D eigenvalue weighted by molar-refractivity contribution is 7.17. The molecule has 0 aromatic carbocycles. The lowest BCUT2D eigenvalue weighted by Gasteiger charge is -2.07. The number of hydrogen-bond acceptors (Lipinski definition) is 5. The van der Waals surface area contributed by atoms with Gasteiger partial charge in [-0.05, 0) is 37.8 Å². The molecular formula is C15H17N3O3S. The number of anilines is 1. The Hall–Kier alpha value is -2.15. The molecule has 0 bridgehead atoms. The maximum Gasteiger partial charge on any atom is 0.341 e. The molecule has 2 aromatic heterocycles. The molecule has 2 heterocycles. The van der Waals surface area contributed by atoms with E-state index in [9.17, 15) is 9.59 Å². The van der Waals surface area contributed by atoms with Crippen LogP contribution in [0.4, 0.5) is 5.00 Å². The molecule has 0 atom stereocenters. The van der Waals surface area contributed by atoms with Crippen LogP contribution in [0.25, 0.3) is 0 Å². The van der Waals surface area contributed by atoms with Crippen molar-refractivity contribution < 1.29 is 14.3 Å². The maximum absolute atomic E-state index is 12.3. The molecule has 7 heteroatoms. The highest BCUT2D eigenvalue weighted by atomic mass is 32.1. The molecule has 116 valence electrons. The first-order valence-corrected chi connectivity index (χ1v) is 8.04.